The fourth-order valence-corrected chi connectivity index (χ4v) is 3.21. The summed E-state index contributed by atoms with van der Waals surface area (Å²) in [4.78, 5) is 25.6. The van der Waals surface area contributed by atoms with Crippen LogP contribution in [0.3, 0.4) is 0 Å². The predicted molar refractivity (Wildman–Crippen MR) is 114 cm³/mol. The molecule has 1 aromatic heterocycles. The fourth-order valence-electron chi connectivity index (χ4n) is 3.21. The molecule has 1 atom stereocenters. The molecule has 2 amide bonds. The van der Waals surface area contributed by atoms with Gasteiger partial charge in [-0.2, -0.15) is 5.21 Å². The van der Waals surface area contributed by atoms with Gasteiger partial charge in [0.05, 0.1) is 6.54 Å². The summed E-state index contributed by atoms with van der Waals surface area (Å²) in [6, 6.07) is 15.7. The summed E-state index contributed by atoms with van der Waals surface area (Å²) in [7, 11) is 0. The number of nitrogens with two attached hydrogens (primary N) is 1. The number of carbonyl (C=O) groups is 2. The van der Waals surface area contributed by atoms with E-state index in [1.54, 1.807) is 0 Å². The minimum Gasteiger partial charge on any atom is -0.368 e. The number of primary amides is 1. The van der Waals surface area contributed by atoms with Gasteiger partial charge in [-0.05, 0) is 27.8 Å². The van der Waals surface area contributed by atoms with Crippen LogP contribution in [0, 0.1) is 5.92 Å². The van der Waals surface area contributed by atoms with Gasteiger partial charge in [-0.3, -0.25) is 9.59 Å². The molecule has 0 aliphatic heterocycles. The Bertz CT molecular complexity index is 985. The first-order chi connectivity index (χ1) is 14.5. The zero-order chi connectivity index (χ0) is 21.5. The van der Waals surface area contributed by atoms with Crippen molar-refractivity contribution in [1.82, 2.24) is 25.5 Å². The van der Waals surface area contributed by atoms with Gasteiger partial charge < -0.3 is 10.6 Å². The van der Waals surface area contributed by atoms with E-state index >= 15 is 0 Å². The Labute approximate surface area is 175 Å². The summed E-state index contributed by atoms with van der Waals surface area (Å²) in [6.07, 6.45) is 1.31. The van der Waals surface area contributed by atoms with Crippen LogP contribution in [0.15, 0.2) is 48.5 Å². The lowest BCUT2D eigenvalue weighted by molar-refractivity contribution is -0.136. The van der Waals surface area contributed by atoms with Crippen molar-refractivity contribution in [2.75, 3.05) is 6.54 Å². The van der Waals surface area contributed by atoms with Crippen LogP contribution >= 0.6 is 0 Å². The maximum Gasteiger partial charge on any atom is 0.237 e. The molecule has 156 valence electrons. The number of aromatic nitrogens is 4. The summed E-state index contributed by atoms with van der Waals surface area (Å²) < 4.78 is 0. The van der Waals surface area contributed by atoms with Gasteiger partial charge in [-0.25, -0.2) is 0 Å². The molecular weight excluding hydrogens is 380 g/mol. The molecule has 0 fully saturated rings. The van der Waals surface area contributed by atoms with E-state index in [9.17, 15) is 9.59 Å². The first-order valence-electron chi connectivity index (χ1n) is 9.96. The van der Waals surface area contributed by atoms with E-state index in [1.165, 1.54) is 4.90 Å². The lowest BCUT2D eigenvalue weighted by atomic mass is 9.98. The van der Waals surface area contributed by atoms with Crippen LogP contribution in [0.25, 0.3) is 22.5 Å². The van der Waals surface area contributed by atoms with Crippen LogP contribution in [0.4, 0.5) is 0 Å². The normalized spacial score (nSPS) is 11.8. The van der Waals surface area contributed by atoms with Crippen LogP contribution < -0.4 is 5.73 Å². The van der Waals surface area contributed by atoms with Gasteiger partial charge in [-0.1, -0.05) is 68.8 Å². The van der Waals surface area contributed by atoms with Crippen molar-refractivity contribution in [3.8, 4) is 22.5 Å². The summed E-state index contributed by atoms with van der Waals surface area (Å²) in [5.74, 6) is 0.211. The number of benzene rings is 2. The average Bonchev–Trinajstić information content (AvgIpc) is 3.28. The largest absolute Gasteiger partial charge is 0.368 e. The SMILES string of the molecule is CCC(C)CC(=O)N(CC(N)=O)Cc1ccc(-c2ccccc2-c2nn[nH]n2)cc1. The maximum absolute atomic E-state index is 12.6. The molecule has 0 radical (unpaired) electrons. The average molecular weight is 406 g/mol. The van der Waals surface area contributed by atoms with Crippen molar-refractivity contribution in [3.05, 3.63) is 54.1 Å². The van der Waals surface area contributed by atoms with Gasteiger partial charge in [0.15, 0.2) is 0 Å². The number of amides is 2. The molecule has 0 bridgehead atoms. The maximum atomic E-state index is 12.6. The van der Waals surface area contributed by atoms with Crippen LogP contribution in [0.1, 0.15) is 32.3 Å². The first-order valence-corrected chi connectivity index (χ1v) is 9.96. The van der Waals surface area contributed by atoms with Crippen molar-refractivity contribution in [2.24, 2.45) is 11.7 Å². The van der Waals surface area contributed by atoms with E-state index in [1.807, 2.05) is 62.4 Å². The van der Waals surface area contributed by atoms with Crippen LogP contribution in [0.5, 0.6) is 0 Å². The van der Waals surface area contributed by atoms with Crippen molar-refractivity contribution in [1.29, 1.82) is 0 Å². The van der Waals surface area contributed by atoms with E-state index in [2.05, 4.69) is 20.6 Å². The van der Waals surface area contributed by atoms with E-state index in [-0.39, 0.29) is 18.4 Å². The van der Waals surface area contributed by atoms with Gasteiger partial charge in [0.1, 0.15) is 0 Å². The standard InChI is InChI=1S/C22H26N6O2/c1-3-15(2)12-21(30)28(14-20(23)29)13-16-8-10-17(11-9-16)18-6-4-5-7-19(18)22-24-26-27-25-22/h4-11,15H,3,12-14H2,1-2H3,(H2,23,29)(H,24,25,26,27). The molecule has 1 heterocycles. The molecule has 0 saturated carbocycles. The fraction of sp³-hybridized carbons (Fsp3) is 0.318. The molecule has 0 aliphatic rings. The van der Waals surface area contributed by atoms with Gasteiger partial charge >= 0.3 is 0 Å². The molecule has 8 nitrogen and oxygen atoms in total. The summed E-state index contributed by atoms with van der Waals surface area (Å²) in [6.45, 7) is 4.32. The van der Waals surface area contributed by atoms with Gasteiger partial charge in [0.2, 0.25) is 17.6 Å². The van der Waals surface area contributed by atoms with E-state index in [0.717, 1.165) is 28.7 Å². The Kier molecular flexibility index (Phi) is 6.90. The van der Waals surface area contributed by atoms with E-state index in [4.69, 9.17) is 5.73 Å². The molecule has 2 aromatic carbocycles. The van der Waals surface area contributed by atoms with Crippen LogP contribution in [0.2, 0.25) is 0 Å². The molecule has 1 unspecified atom stereocenters. The summed E-state index contributed by atoms with van der Waals surface area (Å²) >= 11 is 0. The molecule has 0 spiro atoms. The number of nitrogens with zero attached hydrogens (tertiary/aromatic N) is 4. The highest BCUT2D eigenvalue weighted by atomic mass is 16.2. The first kappa shape index (κ1) is 21.2. The van der Waals surface area contributed by atoms with Crippen molar-refractivity contribution in [2.45, 2.75) is 33.2 Å². The Morgan fingerprint density at radius 2 is 1.80 bits per heavy atom. The lowest BCUT2D eigenvalue weighted by Crippen LogP contribution is -2.38. The van der Waals surface area contributed by atoms with Gasteiger partial charge in [-0.15, -0.1) is 10.2 Å². The highest BCUT2D eigenvalue weighted by molar-refractivity contribution is 5.84. The van der Waals surface area contributed by atoms with Gasteiger partial charge in [0.25, 0.3) is 0 Å². The second-order valence-corrected chi connectivity index (χ2v) is 7.41. The van der Waals surface area contributed by atoms with Crippen LogP contribution in [-0.4, -0.2) is 43.9 Å². The number of nitrogens with one attached hydrogen (secondary N) is 1. The number of carbonyl (C=O) groups excluding carboxylic acids is 2. The lowest BCUT2D eigenvalue weighted by Gasteiger charge is -2.23. The summed E-state index contributed by atoms with van der Waals surface area (Å²) in [5.41, 5.74) is 9.13. The third kappa shape index (κ3) is 5.28. The van der Waals surface area contributed by atoms with E-state index < -0.39 is 5.91 Å². The van der Waals surface area contributed by atoms with Crippen molar-refractivity contribution < 1.29 is 9.59 Å². The molecule has 0 saturated heterocycles. The molecule has 30 heavy (non-hydrogen) atoms. The minimum absolute atomic E-state index is 0.0605. The molecule has 3 aromatic rings. The molecule has 8 heteroatoms. The number of aromatic amines is 1. The smallest absolute Gasteiger partial charge is 0.237 e. The number of hydrogen-bond donors (Lipinski definition) is 2. The number of rotatable bonds is 9. The van der Waals surface area contributed by atoms with Crippen molar-refractivity contribution in [3.63, 3.8) is 0 Å². The second kappa shape index (κ2) is 9.78. The zero-order valence-electron chi connectivity index (χ0n) is 17.2. The third-order valence-electron chi connectivity index (χ3n) is 5.07. The number of tetrazole rings is 1. The zero-order valence-corrected chi connectivity index (χ0v) is 17.2. The Morgan fingerprint density at radius 3 is 2.40 bits per heavy atom. The molecule has 0 aliphatic carbocycles. The third-order valence-corrected chi connectivity index (χ3v) is 5.07. The summed E-state index contributed by atoms with van der Waals surface area (Å²) in [5, 5.41) is 14.3. The molecule has 3 rings (SSSR count). The molecular formula is C22H26N6O2. The second-order valence-electron chi connectivity index (χ2n) is 7.41. The highest BCUT2D eigenvalue weighted by Crippen LogP contribution is 2.29. The topological polar surface area (TPSA) is 118 Å². The Hall–Kier alpha value is -3.55. The number of hydrogen-bond acceptors (Lipinski definition) is 5. The predicted octanol–water partition coefficient (Wildman–Crippen LogP) is 2.78. The Morgan fingerprint density at radius 1 is 1.10 bits per heavy atom. The van der Waals surface area contributed by atoms with E-state index in [0.29, 0.717) is 18.8 Å². The van der Waals surface area contributed by atoms with Crippen molar-refractivity contribution >= 4 is 11.8 Å². The monoisotopic (exact) mass is 406 g/mol. The van der Waals surface area contributed by atoms with Gasteiger partial charge in [0, 0.05) is 18.5 Å². The highest BCUT2D eigenvalue weighted by Gasteiger charge is 2.18. The van der Waals surface area contributed by atoms with Crippen LogP contribution in [-0.2, 0) is 16.1 Å². The molecule has 3 N–H and O–H groups in total. The minimum atomic E-state index is -0.516. The number of H-pyrrole nitrogens is 1. The Balaban J connectivity index is 1.80. The quantitative estimate of drug-likeness (QED) is 0.566.